The Morgan fingerprint density at radius 3 is 2.43 bits per heavy atom. The lowest BCUT2D eigenvalue weighted by molar-refractivity contribution is -0.123. The fourth-order valence-corrected chi connectivity index (χ4v) is 4.42. The summed E-state index contributed by atoms with van der Waals surface area (Å²) < 4.78 is 13.4. The van der Waals surface area contributed by atoms with Gasteiger partial charge in [0.05, 0.1) is 23.2 Å². The lowest BCUT2D eigenvalue weighted by Gasteiger charge is -2.37. The topological polar surface area (TPSA) is 43.9 Å². The van der Waals surface area contributed by atoms with Crippen molar-refractivity contribution in [2.75, 3.05) is 37.6 Å². The predicted octanol–water partition coefficient (Wildman–Crippen LogP) is 3.36. The zero-order chi connectivity index (χ0) is 21.1. The molecule has 7 heteroatoms. The molecular weight excluding hydrogens is 405 g/mol. The SMILES string of the molecule is O=C1CC(N2CCN(CCCc3ccccc3)CC2)C(=O)N1c1ccc(F)c(Cl)c1. The first kappa shape index (κ1) is 21.0. The van der Waals surface area contributed by atoms with E-state index in [0.717, 1.165) is 50.5 Å². The van der Waals surface area contributed by atoms with Crippen molar-refractivity contribution >= 4 is 29.1 Å². The normalized spacial score (nSPS) is 20.9. The Balaban J connectivity index is 1.30. The smallest absolute Gasteiger partial charge is 0.251 e. The second-order valence-corrected chi connectivity index (χ2v) is 8.26. The number of hydrogen-bond donors (Lipinski definition) is 0. The molecule has 5 nitrogen and oxygen atoms in total. The van der Waals surface area contributed by atoms with E-state index in [4.69, 9.17) is 11.6 Å². The largest absolute Gasteiger partial charge is 0.301 e. The molecule has 2 saturated heterocycles. The number of hydrogen-bond acceptors (Lipinski definition) is 4. The summed E-state index contributed by atoms with van der Waals surface area (Å²) in [4.78, 5) is 31.1. The van der Waals surface area contributed by atoms with E-state index in [1.54, 1.807) is 0 Å². The van der Waals surface area contributed by atoms with Crippen molar-refractivity contribution in [3.63, 3.8) is 0 Å². The van der Waals surface area contributed by atoms with Crippen molar-refractivity contribution in [2.45, 2.75) is 25.3 Å². The quantitative estimate of drug-likeness (QED) is 0.660. The molecule has 2 fully saturated rings. The molecule has 1 atom stereocenters. The van der Waals surface area contributed by atoms with E-state index in [9.17, 15) is 14.0 Å². The Hall–Kier alpha value is -2.28. The van der Waals surface area contributed by atoms with E-state index < -0.39 is 11.9 Å². The first-order valence-corrected chi connectivity index (χ1v) is 10.7. The van der Waals surface area contributed by atoms with Crippen molar-refractivity contribution in [3.05, 3.63) is 64.9 Å². The molecular formula is C23H25ClFN3O2. The number of rotatable bonds is 6. The molecule has 2 aliphatic rings. The highest BCUT2D eigenvalue weighted by molar-refractivity contribution is 6.31. The van der Waals surface area contributed by atoms with Crippen LogP contribution in [0, 0.1) is 5.82 Å². The average Bonchev–Trinajstić information content (AvgIpc) is 3.05. The van der Waals surface area contributed by atoms with Gasteiger partial charge in [0.25, 0.3) is 5.91 Å². The zero-order valence-corrected chi connectivity index (χ0v) is 17.5. The molecule has 0 bridgehead atoms. The Labute approximate surface area is 181 Å². The summed E-state index contributed by atoms with van der Waals surface area (Å²) in [6.45, 7) is 4.31. The van der Waals surface area contributed by atoms with Crippen molar-refractivity contribution in [3.8, 4) is 0 Å². The van der Waals surface area contributed by atoms with Crippen LogP contribution in [0.15, 0.2) is 48.5 Å². The summed E-state index contributed by atoms with van der Waals surface area (Å²) in [6.07, 6.45) is 2.32. The molecule has 1 unspecified atom stereocenters. The predicted molar refractivity (Wildman–Crippen MR) is 115 cm³/mol. The van der Waals surface area contributed by atoms with Crippen LogP contribution in [-0.2, 0) is 16.0 Å². The van der Waals surface area contributed by atoms with Crippen LogP contribution >= 0.6 is 11.6 Å². The van der Waals surface area contributed by atoms with Gasteiger partial charge in [0.15, 0.2) is 0 Å². The number of anilines is 1. The number of aryl methyl sites for hydroxylation is 1. The fourth-order valence-electron chi connectivity index (χ4n) is 4.25. The van der Waals surface area contributed by atoms with E-state index in [1.807, 2.05) is 6.07 Å². The molecule has 2 aromatic rings. The van der Waals surface area contributed by atoms with E-state index in [2.05, 4.69) is 34.1 Å². The van der Waals surface area contributed by atoms with E-state index in [-0.39, 0.29) is 23.3 Å². The summed E-state index contributed by atoms with van der Waals surface area (Å²) in [5.41, 5.74) is 1.69. The Kier molecular flexibility index (Phi) is 6.46. The van der Waals surface area contributed by atoms with E-state index in [1.165, 1.54) is 23.8 Å². The number of amides is 2. The minimum Gasteiger partial charge on any atom is -0.301 e. The van der Waals surface area contributed by atoms with Crippen LogP contribution in [0.3, 0.4) is 0 Å². The van der Waals surface area contributed by atoms with Crippen LogP contribution in [-0.4, -0.2) is 60.4 Å². The summed E-state index contributed by atoms with van der Waals surface area (Å²) in [6, 6.07) is 14.0. The van der Waals surface area contributed by atoms with Gasteiger partial charge in [0.1, 0.15) is 5.82 Å². The van der Waals surface area contributed by atoms with Crippen molar-refractivity contribution in [2.24, 2.45) is 0 Å². The summed E-state index contributed by atoms with van der Waals surface area (Å²) in [7, 11) is 0. The number of carbonyl (C=O) groups is 2. The second-order valence-electron chi connectivity index (χ2n) is 7.85. The van der Waals surface area contributed by atoms with Crippen LogP contribution in [0.25, 0.3) is 0 Å². The molecule has 30 heavy (non-hydrogen) atoms. The molecule has 0 spiro atoms. The van der Waals surface area contributed by atoms with Gasteiger partial charge in [-0.25, -0.2) is 9.29 Å². The molecule has 158 valence electrons. The molecule has 4 rings (SSSR count). The van der Waals surface area contributed by atoms with Crippen LogP contribution in [0.5, 0.6) is 0 Å². The molecule has 2 aromatic carbocycles. The highest BCUT2D eigenvalue weighted by atomic mass is 35.5. The van der Waals surface area contributed by atoms with Gasteiger partial charge in [-0.2, -0.15) is 0 Å². The van der Waals surface area contributed by atoms with Gasteiger partial charge < -0.3 is 4.90 Å². The van der Waals surface area contributed by atoms with Crippen LogP contribution in [0.2, 0.25) is 5.02 Å². The number of nitrogens with zero attached hydrogens (tertiary/aromatic N) is 3. The van der Waals surface area contributed by atoms with Crippen LogP contribution < -0.4 is 4.90 Å². The van der Waals surface area contributed by atoms with Gasteiger partial charge in [-0.1, -0.05) is 41.9 Å². The third kappa shape index (κ3) is 4.56. The Morgan fingerprint density at radius 1 is 1.00 bits per heavy atom. The van der Waals surface area contributed by atoms with Crippen LogP contribution in [0.4, 0.5) is 10.1 Å². The maximum atomic E-state index is 13.4. The third-order valence-electron chi connectivity index (χ3n) is 5.91. The Morgan fingerprint density at radius 2 is 1.73 bits per heavy atom. The maximum absolute atomic E-state index is 13.4. The van der Waals surface area contributed by atoms with Gasteiger partial charge in [-0.15, -0.1) is 0 Å². The number of halogens is 2. The first-order chi connectivity index (χ1) is 14.5. The number of imide groups is 1. The summed E-state index contributed by atoms with van der Waals surface area (Å²) >= 11 is 5.83. The van der Waals surface area contributed by atoms with Gasteiger partial charge in [-0.3, -0.25) is 14.5 Å². The maximum Gasteiger partial charge on any atom is 0.251 e. The number of benzene rings is 2. The summed E-state index contributed by atoms with van der Waals surface area (Å²) in [5.74, 6) is -1.09. The van der Waals surface area contributed by atoms with Gasteiger partial charge in [0, 0.05) is 26.2 Å². The molecule has 0 aromatic heterocycles. The minimum atomic E-state index is -0.570. The molecule has 2 heterocycles. The average molecular weight is 430 g/mol. The molecule has 0 saturated carbocycles. The van der Waals surface area contributed by atoms with Crippen LogP contribution in [0.1, 0.15) is 18.4 Å². The van der Waals surface area contributed by atoms with Crippen molar-refractivity contribution in [1.29, 1.82) is 0 Å². The number of carbonyl (C=O) groups excluding carboxylic acids is 2. The molecule has 2 aliphatic heterocycles. The lowest BCUT2D eigenvalue weighted by atomic mass is 10.1. The third-order valence-corrected chi connectivity index (χ3v) is 6.20. The van der Waals surface area contributed by atoms with Crippen molar-refractivity contribution in [1.82, 2.24) is 9.80 Å². The Bertz CT molecular complexity index is 916. The second kappa shape index (κ2) is 9.25. The highest BCUT2D eigenvalue weighted by Crippen LogP contribution is 2.29. The first-order valence-electron chi connectivity index (χ1n) is 10.3. The monoisotopic (exact) mass is 429 g/mol. The van der Waals surface area contributed by atoms with Gasteiger partial charge in [0.2, 0.25) is 5.91 Å². The van der Waals surface area contributed by atoms with E-state index >= 15 is 0 Å². The molecule has 0 aliphatic carbocycles. The van der Waals surface area contributed by atoms with Crippen molar-refractivity contribution < 1.29 is 14.0 Å². The molecule has 2 amide bonds. The van der Waals surface area contributed by atoms with Gasteiger partial charge in [-0.05, 0) is 43.1 Å². The zero-order valence-electron chi connectivity index (χ0n) is 16.8. The molecule has 0 N–H and O–H groups in total. The fraction of sp³-hybridized carbons (Fsp3) is 0.391. The summed E-state index contributed by atoms with van der Waals surface area (Å²) in [5, 5.41) is -0.0966. The standard InChI is InChI=1S/C23H25ClFN3O2/c24-19-15-18(8-9-20(19)25)28-22(29)16-21(23(28)30)27-13-11-26(12-14-27)10-4-7-17-5-2-1-3-6-17/h1-3,5-6,8-9,15,21H,4,7,10-14,16H2. The minimum absolute atomic E-state index is 0.0966. The highest BCUT2D eigenvalue weighted by Gasteiger charge is 2.43. The lowest BCUT2D eigenvalue weighted by Crippen LogP contribution is -2.52. The number of piperazine rings is 1. The van der Waals surface area contributed by atoms with Gasteiger partial charge >= 0.3 is 0 Å². The van der Waals surface area contributed by atoms with E-state index in [0.29, 0.717) is 5.69 Å². The molecule has 0 radical (unpaired) electrons.